The van der Waals surface area contributed by atoms with Gasteiger partial charge in [-0.25, -0.2) is 4.98 Å². The molecule has 0 atom stereocenters. The highest BCUT2D eigenvalue weighted by Crippen LogP contribution is 2.31. The minimum atomic E-state index is 0.165. The third-order valence-corrected chi connectivity index (χ3v) is 5.10. The van der Waals surface area contributed by atoms with Crippen molar-refractivity contribution < 1.29 is 9.47 Å². The molecule has 2 aromatic heterocycles. The van der Waals surface area contributed by atoms with Crippen LogP contribution in [0.15, 0.2) is 36.5 Å². The van der Waals surface area contributed by atoms with Crippen molar-refractivity contribution in [3.63, 3.8) is 0 Å². The van der Waals surface area contributed by atoms with E-state index in [1.54, 1.807) is 0 Å². The topological polar surface area (TPSA) is 63.9 Å². The number of anilines is 1. The van der Waals surface area contributed by atoms with E-state index < -0.39 is 0 Å². The van der Waals surface area contributed by atoms with Crippen molar-refractivity contribution >= 4 is 11.5 Å². The first-order chi connectivity index (χ1) is 13.3. The van der Waals surface area contributed by atoms with E-state index in [0.29, 0.717) is 6.61 Å². The maximum atomic E-state index is 6.15. The Morgan fingerprint density at radius 2 is 2.11 bits per heavy atom. The van der Waals surface area contributed by atoms with Gasteiger partial charge < -0.3 is 19.7 Å². The Hall–Kier alpha value is -2.80. The fourth-order valence-electron chi connectivity index (χ4n) is 3.84. The molecule has 4 heterocycles. The van der Waals surface area contributed by atoms with E-state index in [0.717, 1.165) is 55.4 Å². The number of benzene rings is 1. The zero-order valence-electron chi connectivity index (χ0n) is 15.4. The lowest BCUT2D eigenvalue weighted by molar-refractivity contribution is 0.165. The first kappa shape index (κ1) is 16.4. The SMILES string of the molecule is CCOc1cccc(OC2CN(c3c4c(nc5ccnn35)CNCC4)C2)c1. The van der Waals surface area contributed by atoms with Crippen LogP contribution in [-0.4, -0.2) is 46.9 Å². The normalized spacial score (nSPS) is 16.9. The van der Waals surface area contributed by atoms with Crippen molar-refractivity contribution in [3.05, 3.63) is 47.8 Å². The monoisotopic (exact) mass is 365 g/mol. The summed E-state index contributed by atoms with van der Waals surface area (Å²) >= 11 is 0. The zero-order valence-corrected chi connectivity index (χ0v) is 15.4. The third-order valence-electron chi connectivity index (χ3n) is 5.10. The predicted octanol–water partition coefficient (Wildman–Crippen LogP) is 2.04. The molecule has 0 amide bonds. The Balaban J connectivity index is 1.35. The van der Waals surface area contributed by atoms with Gasteiger partial charge in [-0.2, -0.15) is 9.61 Å². The molecule has 0 aliphatic carbocycles. The van der Waals surface area contributed by atoms with Gasteiger partial charge in [-0.3, -0.25) is 0 Å². The molecule has 7 nitrogen and oxygen atoms in total. The first-order valence-electron chi connectivity index (χ1n) is 9.52. The lowest BCUT2D eigenvalue weighted by atomic mass is 10.0. The Morgan fingerprint density at radius 3 is 3.00 bits per heavy atom. The molecule has 0 bridgehead atoms. The van der Waals surface area contributed by atoms with Gasteiger partial charge in [0.15, 0.2) is 5.65 Å². The highest BCUT2D eigenvalue weighted by molar-refractivity contribution is 5.59. The van der Waals surface area contributed by atoms with Crippen LogP contribution < -0.4 is 19.7 Å². The molecular weight excluding hydrogens is 342 g/mol. The molecule has 7 heteroatoms. The summed E-state index contributed by atoms with van der Waals surface area (Å²) in [5.41, 5.74) is 3.35. The molecule has 27 heavy (non-hydrogen) atoms. The number of nitrogens with zero attached hydrogens (tertiary/aromatic N) is 4. The van der Waals surface area contributed by atoms with Crippen LogP contribution in [0.25, 0.3) is 5.65 Å². The van der Waals surface area contributed by atoms with E-state index in [-0.39, 0.29) is 6.10 Å². The summed E-state index contributed by atoms with van der Waals surface area (Å²) in [6, 6.07) is 9.82. The van der Waals surface area contributed by atoms with Crippen LogP contribution >= 0.6 is 0 Å². The second-order valence-electron chi connectivity index (χ2n) is 6.94. The minimum Gasteiger partial charge on any atom is -0.494 e. The molecule has 1 aromatic carbocycles. The summed E-state index contributed by atoms with van der Waals surface area (Å²) in [7, 11) is 0. The van der Waals surface area contributed by atoms with Gasteiger partial charge >= 0.3 is 0 Å². The number of hydrogen-bond acceptors (Lipinski definition) is 6. The van der Waals surface area contributed by atoms with Gasteiger partial charge in [0.05, 0.1) is 31.6 Å². The number of fused-ring (bicyclic) bond motifs is 2. The largest absolute Gasteiger partial charge is 0.494 e. The van der Waals surface area contributed by atoms with Crippen LogP contribution in [0.4, 0.5) is 5.82 Å². The molecule has 1 fully saturated rings. The molecule has 140 valence electrons. The lowest BCUT2D eigenvalue weighted by Crippen LogP contribution is -2.55. The lowest BCUT2D eigenvalue weighted by Gasteiger charge is -2.42. The molecule has 1 N–H and O–H groups in total. The molecule has 0 unspecified atom stereocenters. The molecule has 0 saturated carbocycles. The van der Waals surface area contributed by atoms with Crippen LogP contribution in [0.3, 0.4) is 0 Å². The summed E-state index contributed by atoms with van der Waals surface area (Å²) in [5.74, 6) is 2.88. The van der Waals surface area contributed by atoms with E-state index in [4.69, 9.17) is 14.5 Å². The second-order valence-corrected chi connectivity index (χ2v) is 6.94. The third kappa shape index (κ3) is 2.98. The first-order valence-corrected chi connectivity index (χ1v) is 9.52. The average molecular weight is 365 g/mol. The maximum absolute atomic E-state index is 6.15. The summed E-state index contributed by atoms with van der Waals surface area (Å²) in [5, 5.41) is 7.92. The summed E-state index contributed by atoms with van der Waals surface area (Å²) in [6.45, 7) is 6.13. The average Bonchev–Trinajstić information content (AvgIpc) is 3.12. The smallest absolute Gasteiger partial charge is 0.157 e. The van der Waals surface area contributed by atoms with Crippen LogP contribution in [-0.2, 0) is 13.0 Å². The van der Waals surface area contributed by atoms with Crippen molar-refractivity contribution in [3.8, 4) is 11.5 Å². The molecule has 2 aliphatic rings. The molecule has 1 saturated heterocycles. The molecular formula is C20H23N5O2. The number of hydrogen-bond donors (Lipinski definition) is 1. The van der Waals surface area contributed by atoms with Gasteiger partial charge in [0, 0.05) is 24.2 Å². The summed E-state index contributed by atoms with van der Waals surface area (Å²) in [6.07, 6.45) is 2.96. The van der Waals surface area contributed by atoms with Gasteiger partial charge in [0.1, 0.15) is 23.4 Å². The number of rotatable bonds is 5. The van der Waals surface area contributed by atoms with E-state index in [1.807, 2.05) is 48.0 Å². The molecule has 3 aromatic rings. The standard InChI is InChI=1S/C20H23N5O2/c1-2-26-14-4-3-5-15(10-14)27-16-12-24(13-16)20-17-6-8-21-11-18(17)23-19-7-9-22-25(19)20/h3-5,7,9-10,16,21H,2,6,8,11-13H2,1H3. The van der Waals surface area contributed by atoms with Gasteiger partial charge in [-0.05, 0) is 32.0 Å². The Labute approximate surface area is 157 Å². The van der Waals surface area contributed by atoms with E-state index in [1.165, 1.54) is 11.4 Å². The van der Waals surface area contributed by atoms with Crippen LogP contribution in [0.2, 0.25) is 0 Å². The molecule has 2 aliphatic heterocycles. The number of nitrogens with one attached hydrogen (secondary N) is 1. The number of ether oxygens (including phenoxy) is 2. The number of aromatic nitrogens is 3. The molecule has 0 radical (unpaired) electrons. The van der Waals surface area contributed by atoms with Crippen molar-refractivity contribution in [2.45, 2.75) is 26.0 Å². The van der Waals surface area contributed by atoms with Crippen LogP contribution in [0.1, 0.15) is 18.2 Å². The minimum absolute atomic E-state index is 0.165. The van der Waals surface area contributed by atoms with E-state index in [9.17, 15) is 0 Å². The van der Waals surface area contributed by atoms with Crippen LogP contribution in [0.5, 0.6) is 11.5 Å². The predicted molar refractivity (Wildman–Crippen MR) is 103 cm³/mol. The quantitative estimate of drug-likeness (QED) is 0.747. The van der Waals surface area contributed by atoms with Gasteiger partial charge in [0.25, 0.3) is 0 Å². The van der Waals surface area contributed by atoms with E-state index >= 15 is 0 Å². The highest BCUT2D eigenvalue weighted by Gasteiger charge is 2.33. The van der Waals surface area contributed by atoms with Crippen molar-refractivity contribution in [2.24, 2.45) is 0 Å². The molecule has 0 spiro atoms. The maximum Gasteiger partial charge on any atom is 0.157 e. The fraction of sp³-hybridized carbons (Fsp3) is 0.400. The van der Waals surface area contributed by atoms with Crippen molar-refractivity contribution in [2.75, 3.05) is 31.1 Å². The fourth-order valence-corrected chi connectivity index (χ4v) is 3.84. The Morgan fingerprint density at radius 1 is 1.22 bits per heavy atom. The Bertz CT molecular complexity index is 964. The Kier molecular flexibility index (Phi) is 4.09. The van der Waals surface area contributed by atoms with Crippen molar-refractivity contribution in [1.29, 1.82) is 0 Å². The van der Waals surface area contributed by atoms with E-state index in [2.05, 4.69) is 15.3 Å². The van der Waals surface area contributed by atoms with Crippen molar-refractivity contribution in [1.82, 2.24) is 19.9 Å². The summed E-state index contributed by atoms with van der Waals surface area (Å²) in [4.78, 5) is 7.11. The molecule has 5 rings (SSSR count). The van der Waals surface area contributed by atoms with Gasteiger partial charge in [-0.15, -0.1) is 0 Å². The van der Waals surface area contributed by atoms with Gasteiger partial charge in [-0.1, -0.05) is 6.07 Å². The summed E-state index contributed by atoms with van der Waals surface area (Å²) < 4.78 is 13.7. The van der Waals surface area contributed by atoms with Gasteiger partial charge in [0.2, 0.25) is 0 Å². The zero-order chi connectivity index (χ0) is 18.2. The second kappa shape index (κ2) is 6.74. The highest BCUT2D eigenvalue weighted by atomic mass is 16.5. The van der Waals surface area contributed by atoms with Crippen LogP contribution in [0, 0.1) is 0 Å².